The van der Waals surface area contributed by atoms with Crippen molar-refractivity contribution in [1.82, 2.24) is 19.9 Å². The number of imidazole rings is 2. The number of nitrogens with one attached hydrogen (secondary N) is 2. The molecule has 0 saturated heterocycles. The van der Waals surface area contributed by atoms with Crippen molar-refractivity contribution in [1.29, 1.82) is 0 Å². The highest BCUT2D eigenvalue weighted by molar-refractivity contribution is 5.71. The van der Waals surface area contributed by atoms with Gasteiger partial charge in [-0.25, -0.2) is 9.97 Å². The van der Waals surface area contributed by atoms with Gasteiger partial charge in [-0.1, -0.05) is 61.4 Å². The molecule has 0 spiro atoms. The summed E-state index contributed by atoms with van der Waals surface area (Å²) >= 11 is 0. The molecule has 2 heterocycles. The smallest absolute Gasteiger partial charge is 0.111 e. The quantitative estimate of drug-likeness (QED) is 0.328. The molecule has 6 heteroatoms. The Hall–Kier alpha value is -3.22. The van der Waals surface area contributed by atoms with Crippen LogP contribution in [-0.2, 0) is 0 Å². The summed E-state index contributed by atoms with van der Waals surface area (Å²) in [6.07, 6.45) is 10.7. The van der Waals surface area contributed by atoms with Crippen LogP contribution in [0, 0.1) is 0 Å². The lowest BCUT2D eigenvalue weighted by Crippen LogP contribution is -2.23. The van der Waals surface area contributed by atoms with Crippen molar-refractivity contribution in [2.45, 2.75) is 62.4 Å². The van der Waals surface area contributed by atoms with Gasteiger partial charge in [0.15, 0.2) is 0 Å². The summed E-state index contributed by atoms with van der Waals surface area (Å²) in [5, 5.41) is 0. The Morgan fingerprint density at radius 3 is 1.29 bits per heavy atom. The first-order valence-corrected chi connectivity index (χ1v) is 12.5. The molecule has 0 unspecified atom stereocenters. The fourth-order valence-electron chi connectivity index (χ4n) is 5.68. The topological polar surface area (TPSA) is 109 Å². The summed E-state index contributed by atoms with van der Waals surface area (Å²) in [7, 11) is 0. The van der Waals surface area contributed by atoms with Crippen LogP contribution in [0.2, 0.25) is 0 Å². The van der Waals surface area contributed by atoms with Crippen molar-refractivity contribution >= 4 is 0 Å². The average molecular weight is 453 g/mol. The van der Waals surface area contributed by atoms with Gasteiger partial charge in [0.05, 0.1) is 23.8 Å². The molecule has 0 aliphatic heterocycles. The third-order valence-corrected chi connectivity index (χ3v) is 7.76. The first-order chi connectivity index (χ1) is 16.7. The van der Waals surface area contributed by atoms with E-state index in [1.807, 2.05) is 12.4 Å². The molecule has 6 N–H and O–H groups in total. The number of benzene rings is 2. The molecule has 6 nitrogen and oxygen atoms in total. The number of hydrogen-bond acceptors (Lipinski definition) is 4. The molecule has 2 saturated carbocycles. The Balaban J connectivity index is 1.16. The lowest BCUT2D eigenvalue weighted by Gasteiger charge is -2.12. The van der Waals surface area contributed by atoms with Crippen molar-refractivity contribution in [3.8, 4) is 33.6 Å². The van der Waals surface area contributed by atoms with Gasteiger partial charge in [-0.05, 0) is 47.9 Å². The zero-order valence-electron chi connectivity index (χ0n) is 19.4. The number of nitrogens with two attached hydrogens (primary N) is 2. The molecule has 2 aromatic heterocycles. The van der Waals surface area contributed by atoms with E-state index in [4.69, 9.17) is 11.5 Å². The molecule has 2 aromatic carbocycles. The fourth-order valence-corrected chi connectivity index (χ4v) is 5.68. The average Bonchev–Trinajstić information content (AvgIpc) is 3.66. The lowest BCUT2D eigenvalue weighted by atomic mass is 10.0. The second-order valence-corrected chi connectivity index (χ2v) is 9.92. The van der Waals surface area contributed by atoms with Gasteiger partial charge in [-0.15, -0.1) is 0 Å². The van der Waals surface area contributed by atoms with Gasteiger partial charge in [0.2, 0.25) is 0 Å². The number of hydrogen-bond donors (Lipinski definition) is 4. The minimum absolute atomic E-state index is 0.220. The van der Waals surface area contributed by atoms with Crippen LogP contribution in [-0.4, -0.2) is 32.0 Å². The van der Waals surface area contributed by atoms with E-state index in [2.05, 4.69) is 68.5 Å². The van der Waals surface area contributed by atoms with Gasteiger partial charge < -0.3 is 21.4 Å². The summed E-state index contributed by atoms with van der Waals surface area (Å²) in [5.74, 6) is 2.76. The third kappa shape index (κ3) is 3.97. The Kier molecular flexibility index (Phi) is 5.55. The molecule has 6 rings (SSSR count). The molecule has 2 aliphatic rings. The maximum atomic E-state index is 6.26. The summed E-state index contributed by atoms with van der Waals surface area (Å²) in [5.41, 5.74) is 19.3. The number of H-pyrrole nitrogens is 2. The summed E-state index contributed by atoms with van der Waals surface area (Å²) in [4.78, 5) is 16.3. The number of aromatic nitrogens is 4. The summed E-state index contributed by atoms with van der Waals surface area (Å²) in [6.45, 7) is 0. The van der Waals surface area contributed by atoms with Crippen molar-refractivity contribution < 1.29 is 0 Å². The highest BCUT2D eigenvalue weighted by atomic mass is 14.9. The largest absolute Gasteiger partial charge is 0.342 e. The maximum Gasteiger partial charge on any atom is 0.111 e. The molecule has 0 amide bonds. The van der Waals surface area contributed by atoms with Crippen molar-refractivity contribution in [3.05, 3.63) is 72.6 Å². The second kappa shape index (κ2) is 8.85. The summed E-state index contributed by atoms with van der Waals surface area (Å²) in [6, 6.07) is 17.7. The van der Waals surface area contributed by atoms with Crippen LogP contribution in [0.3, 0.4) is 0 Å². The van der Waals surface area contributed by atoms with E-state index in [1.165, 1.54) is 24.0 Å². The van der Waals surface area contributed by atoms with Crippen molar-refractivity contribution in [2.75, 3.05) is 0 Å². The minimum atomic E-state index is 0.220. The first-order valence-electron chi connectivity index (χ1n) is 12.5. The molecule has 4 aromatic rings. The monoisotopic (exact) mass is 452 g/mol. The molecule has 2 aliphatic carbocycles. The normalized spacial score (nSPS) is 24.6. The highest BCUT2D eigenvalue weighted by Crippen LogP contribution is 2.34. The Morgan fingerprint density at radius 1 is 0.559 bits per heavy atom. The number of rotatable bonds is 5. The Labute approximate surface area is 200 Å². The van der Waals surface area contributed by atoms with Gasteiger partial charge in [-0.2, -0.15) is 0 Å². The highest BCUT2D eigenvalue weighted by Gasteiger charge is 2.28. The molecular weight excluding hydrogens is 420 g/mol. The zero-order valence-corrected chi connectivity index (χ0v) is 19.4. The predicted molar refractivity (Wildman–Crippen MR) is 136 cm³/mol. The van der Waals surface area contributed by atoms with Crippen LogP contribution < -0.4 is 11.5 Å². The molecule has 0 radical (unpaired) electrons. The van der Waals surface area contributed by atoms with E-state index in [9.17, 15) is 0 Å². The number of aromatic amines is 2. The van der Waals surface area contributed by atoms with Crippen LogP contribution >= 0.6 is 0 Å². The van der Waals surface area contributed by atoms with E-state index in [1.54, 1.807) is 0 Å². The Bertz CT molecular complexity index is 1150. The zero-order chi connectivity index (χ0) is 23.1. The number of nitrogens with zero attached hydrogens (tertiary/aromatic N) is 2. The van der Waals surface area contributed by atoms with E-state index >= 15 is 0 Å². The molecule has 0 bridgehead atoms. The van der Waals surface area contributed by atoms with E-state index in [-0.39, 0.29) is 12.1 Å². The molecule has 34 heavy (non-hydrogen) atoms. The lowest BCUT2D eigenvalue weighted by molar-refractivity contribution is 0.587. The van der Waals surface area contributed by atoms with E-state index in [0.717, 1.165) is 59.8 Å². The van der Waals surface area contributed by atoms with E-state index < -0.39 is 0 Å². The summed E-state index contributed by atoms with van der Waals surface area (Å²) < 4.78 is 0. The molecular formula is C28H32N6. The third-order valence-electron chi connectivity index (χ3n) is 7.76. The van der Waals surface area contributed by atoms with Crippen molar-refractivity contribution in [2.24, 2.45) is 11.5 Å². The van der Waals surface area contributed by atoms with Gasteiger partial charge in [0, 0.05) is 23.9 Å². The van der Waals surface area contributed by atoms with E-state index in [0.29, 0.717) is 11.8 Å². The van der Waals surface area contributed by atoms with Gasteiger partial charge in [0.25, 0.3) is 0 Å². The second-order valence-electron chi connectivity index (χ2n) is 9.92. The van der Waals surface area contributed by atoms with Crippen molar-refractivity contribution in [3.63, 3.8) is 0 Å². The first kappa shape index (κ1) is 21.3. The van der Waals surface area contributed by atoms with Gasteiger partial charge in [0.1, 0.15) is 11.6 Å². The Morgan fingerprint density at radius 2 is 0.941 bits per heavy atom. The molecule has 2 fully saturated rings. The maximum absolute atomic E-state index is 6.26. The minimum Gasteiger partial charge on any atom is -0.342 e. The van der Waals surface area contributed by atoms with Crippen LogP contribution in [0.1, 0.15) is 62.0 Å². The van der Waals surface area contributed by atoms with Gasteiger partial charge >= 0.3 is 0 Å². The molecule has 4 atom stereocenters. The van der Waals surface area contributed by atoms with Gasteiger partial charge in [-0.3, -0.25) is 0 Å². The SMILES string of the molecule is N[C@H]1CCC[C@H]1c1ncc(-c2ccc(-c3ccc(-c4cnc([C@@H]5CCC[C@@H]5N)[nH]4)cc3)cc2)[nH]1. The van der Waals surface area contributed by atoms with Crippen LogP contribution in [0.4, 0.5) is 0 Å². The fraction of sp³-hybridized carbons (Fsp3) is 0.357. The standard InChI is InChI=1S/C28H32N6/c29-23-5-1-3-21(23)27-31-15-25(33-27)19-11-7-17(8-12-19)18-9-13-20(14-10-18)26-16-32-28(34-26)22-4-2-6-24(22)30/h7-16,21-24H,1-6,29-30H2,(H,31,33)(H,32,34)/t21-,22-,23+,24+/m1/s1. The van der Waals surface area contributed by atoms with Crippen LogP contribution in [0.25, 0.3) is 33.6 Å². The molecule has 174 valence electrons. The predicted octanol–water partition coefficient (Wildman–Crippen LogP) is 5.32. The van der Waals surface area contributed by atoms with Crippen LogP contribution in [0.5, 0.6) is 0 Å². The van der Waals surface area contributed by atoms with Crippen LogP contribution in [0.15, 0.2) is 60.9 Å².